The van der Waals surface area contributed by atoms with E-state index < -0.39 is 17.3 Å². The van der Waals surface area contributed by atoms with Crippen LogP contribution in [0, 0.1) is 56.7 Å². The Balaban J connectivity index is 2.24. The van der Waals surface area contributed by atoms with Gasteiger partial charge in [-0.05, 0) is 53.4 Å². The topological polar surface area (TPSA) is 124 Å². The van der Waals surface area contributed by atoms with Gasteiger partial charge < -0.3 is 10.5 Å². The minimum Gasteiger partial charge on any atom is -0.465 e. The first-order chi connectivity index (χ1) is 14.6. The largest absolute Gasteiger partial charge is 0.465 e. The SMILES string of the molecule is COC(=O)c1ccc([C@H]2[C@H]3C[C@H](C(C)(C)C)CC=C3C(C#N)=C(N)C2(C#N)C#N)cc1. The average Bonchev–Trinajstić information content (AvgIpc) is 2.77. The molecule has 0 amide bonds. The zero-order valence-electron chi connectivity index (χ0n) is 18.3. The van der Waals surface area contributed by atoms with Crippen molar-refractivity contribution in [1.29, 1.82) is 15.8 Å². The van der Waals surface area contributed by atoms with E-state index >= 15 is 0 Å². The zero-order chi connectivity index (χ0) is 23.0. The fourth-order valence-corrected chi connectivity index (χ4v) is 4.92. The van der Waals surface area contributed by atoms with Crippen molar-refractivity contribution in [1.82, 2.24) is 0 Å². The van der Waals surface area contributed by atoms with Crippen molar-refractivity contribution in [2.24, 2.45) is 28.4 Å². The molecular weight excluding hydrogens is 388 g/mol. The highest BCUT2D eigenvalue weighted by Crippen LogP contribution is 2.57. The lowest BCUT2D eigenvalue weighted by molar-refractivity contribution is 0.0600. The number of methoxy groups -OCH3 is 1. The fourth-order valence-electron chi connectivity index (χ4n) is 4.92. The number of nitrogens with two attached hydrogens (primary N) is 1. The number of rotatable bonds is 2. The lowest BCUT2D eigenvalue weighted by Crippen LogP contribution is -2.44. The first kappa shape index (κ1) is 22.1. The molecule has 2 N–H and O–H groups in total. The Labute approximate surface area is 183 Å². The molecule has 0 fully saturated rings. The van der Waals surface area contributed by atoms with Gasteiger partial charge in [0.05, 0.1) is 36.1 Å². The first-order valence-electron chi connectivity index (χ1n) is 10.3. The van der Waals surface area contributed by atoms with Crippen molar-refractivity contribution in [3.05, 3.63) is 58.3 Å². The smallest absolute Gasteiger partial charge is 0.337 e. The van der Waals surface area contributed by atoms with Crippen LogP contribution in [0.5, 0.6) is 0 Å². The van der Waals surface area contributed by atoms with Crippen LogP contribution in [0.4, 0.5) is 0 Å². The molecular formula is C25H26N4O2. The Morgan fingerprint density at radius 1 is 1.16 bits per heavy atom. The zero-order valence-corrected chi connectivity index (χ0v) is 18.3. The number of benzene rings is 1. The minimum absolute atomic E-state index is 0.0127. The fraction of sp³-hybridized carbons (Fsp3) is 0.440. The second-order valence-corrected chi connectivity index (χ2v) is 9.32. The molecule has 31 heavy (non-hydrogen) atoms. The van der Waals surface area contributed by atoms with Gasteiger partial charge in [0.2, 0.25) is 0 Å². The molecule has 3 atom stereocenters. The average molecular weight is 415 g/mol. The summed E-state index contributed by atoms with van der Waals surface area (Å²) in [5.74, 6) is -0.891. The third-order valence-electron chi connectivity index (χ3n) is 6.79. The summed E-state index contributed by atoms with van der Waals surface area (Å²) in [6, 6.07) is 13.2. The molecule has 6 nitrogen and oxygen atoms in total. The predicted octanol–water partition coefficient (Wildman–Crippen LogP) is 4.34. The van der Waals surface area contributed by atoms with E-state index in [-0.39, 0.29) is 22.6 Å². The van der Waals surface area contributed by atoms with Crippen molar-refractivity contribution < 1.29 is 9.53 Å². The number of carbonyl (C=O) groups is 1. The van der Waals surface area contributed by atoms with Crippen LogP contribution in [0.15, 0.2) is 47.2 Å². The van der Waals surface area contributed by atoms with Gasteiger partial charge in [0.1, 0.15) is 6.07 Å². The molecule has 0 aliphatic heterocycles. The Kier molecular flexibility index (Phi) is 5.66. The van der Waals surface area contributed by atoms with Gasteiger partial charge in [0.15, 0.2) is 5.41 Å². The summed E-state index contributed by atoms with van der Waals surface area (Å²) in [6.07, 6.45) is 3.61. The summed E-state index contributed by atoms with van der Waals surface area (Å²) in [4.78, 5) is 11.9. The van der Waals surface area contributed by atoms with Gasteiger partial charge >= 0.3 is 5.97 Å². The minimum atomic E-state index is -1.67. The van der Waals surface area contributed by atoms with Gasteiger partial charge in [-0.3, -0.25) is 0 Å². The standard InChI is InChI=1S/C25H26N4O2/c1-24(2,3)17-9-10-18-19(11-17)21(15-5-7-16(8-6-15)23(30)31-4)25(13-27,14-28)22(29)20(18)12-26/h5-8,10,17,19,21H,9,11,29H2,1-4H3/t17-,19+,21+/m1/s1. The maximum atomic E-state index is 11.9. The molecule has 0 heterocycles. The molecule has 0 spiro atoms. The van der Waals surface area contributed by atoms with Crippen LogP contribution in [-0.2, 0) is 4.74 Å². The van der Waals surface area contributed by atoms with Gasteiger partial charge in [-0.2, -0.15) is 15.8 Å². The number of carbonyl (C=O) groups excluding carboxylic acids is 1. The van der Waals surface area contributed by atoms with Crippen LogP contribution in [0.1, 0.15) is 55.5 Å². The maximum Gasteiger partial charge on any atom is 0.337 e. The molecule has 158 valence electrons. The van der Waals surface area contributed by atoms with Crippen LogP contribution >= 0.6 is 0 Å². The van der Waals surface area contributed by atoms with Gasteiger partial charge in [-0.25, -0.2) is 4.79 Å². The van der Waals surface area contributed by atoms with Crippen LogP contribution in [0.2, 0.25) is 0 Å². The van der Waals surface area contributed by atoms with E-state index in [1.165, 1.54) is 7.11 Å². The van der Waals surface area contributed by atoms with Crippen molar-refractivity contribution in [2.75, 3.05) is 7.11 Å². The van der Waals surface area contributed by atoms with Crippen molar-refractivity contribution >= 4 is 5.97 Å². The molecule has 1 aromatic carbocycles. The van der Waals surface area contributed by atoms with E-state index in [9.17, 15) is 20.6 Å². The van der Waals surface area contributed by atoms with E-state index in [4.69, 9.17) is 10.5 Å². The van der Waals surface area contributed by atoms with Crippen molar-refractivity contribution in [2.45, 2.75) is 39.5 Å². The third-order valence-corrected chi connectivity index (χ3v) is 6.79. The number of fused-ring (bicyclic) bond motifs is 1. The molecule has 0 saturated heterocycles. The van der Waals surface area contributed by atoms with E-state index in [1.54, 1.807) is 24.3 Å². The summed E-state index contributed by atoms with van der Waals surface area (Å²) in [6.45, 7) is 6.53. The van der Waals surface area contributed by atoms with Gasteiger partial charge in [0.25, 0.3) is 0 Å². The van der Waals surface area contributed by atoms with Gasteiger partial charge in [0, 0.05) is 5.92 Å². The predicted molar refractivity (Wildman–Crippen MR) is 115 cm³/mol. The Hall–Kier alpha value is -3.56. The maximum absolute atomic E-state index is 11.9. The molecule has 6 heteroatoms. The van der Waals surface area contributed by atoms with Crippen molar-refractivity contribution in [3.63, 3.8) is 0 Å². The number of ether oxygens (including phenoxy) is 1. The van der Waals surface area contributed by atoms with Crippen LogP contribution in [-0.4, -0.2) is 13.1 Å². The molecule has 1 aromatic rings. The van der Waals surface area contributed by atoms with Crippen LogP contribution in [0.3, 0.4) is 0 Å². The summed E-state index contributed by atoms with van der Waals surface area (Å²) in [5, 5.41) is 30.2. The number of esters is 1. The number of hydrogen-bond donors (Lipinski definition) is 1. The van der Waals surface area contributed by atoms with Gasteiger partial charge in [-0.15, -0.1) is 0 Å². The van der Waals surface area contributed by atoms with Crippen molar-refractivity contribution in [3.8, 4) is 18.2 Å². The summed E-state index contributed by atoms with van der Waals surface area (Å²) < 4.78 is 4.77. The molecule has 0 saturated carbocycles. The summed E-state index contributed by atoms with van der Waals surface area (Å²) >= 11 is 0. The second-order valence-electron chi connectivity index (χ2n) is 9.32. The molecule has 2 aliphatic rings. The molecule has 0 unspecified atom stereocenters. The summed E-state index contributed by atoms with van der Waals surface area (Å²) in [5.41, 5.74) is 6.91. The van der Waals surface area contributed by atoms with Gasteiger partial charge in [-0.1, -0.05) is 39.0 Å². The number of nitriles is 3. The van der Waals surface area contributed by atoms with E-state index in [0.29, 0.717) is 11.5 Å². The van der Waals surface area contributed by atoms with E-state index in [0.717, 1.165) is 24.0 Å². The van der Waals surface area contributed by atoms with Crippen LogP contribution < -0.4 is 5.73 Å². The highest BCUT2D eigenvalue weighted by atomic mass is 16.5. The lowest BCUT2D eigenvalue weighted by atomic mass is 9.54. The number of nitrogens with zero attached hydrogens (tertiary/aromatic N) is 3. The molecule has 0 aromatic heterocycles. The Morgan fingerprint density at radius 3 is 2.26 bits per heavy atom. The molecule has 0 bridgehead atoms. The number of hydrogen-bond acceptors (Lipinski definition) is 6. The number of allylic oxidation sites excluding steroid dienone is 4. The normalized spacial score (nSPS) is 24.7. The molecule has 2 aliphatic carbocycles. The highest BCUT2D eigenvalue weighted by molar-refractivity contribution is 5.89. The molecule has 0 radical (unpaired) electrons. The van der Waals surface area contributed by atoms with E-state index in [2.05, 4.69) is 45.1 Å². The third kappa shape index (κ3) is 3.47. The Morgan fingerprint density at radius 2 is 1.77 bits per heavy atom. The summed E-state index contributed by atoms with van der Waals surface area (Å²) in [7, 11) is 1.31. The first-order valence-corrected chi connectivity index (χ1v) is 10.3. The monoisotopic (exact) mass is 414 g/mol. The highest BCUT2D eigenvalue weighted by Gasteiger charge is 2.55. The lowest BCUT2D eigenvalue weighted by Gasteiger charge is -2.47. The quantitative estimate of drug-likeness (QED) is 0.718. The molecule has 3 rings (SSSR count). The van der Waals surface area contributed by atoms with E-state index in [1.807, 2.05) is 0 Å². The second kappa shape index (κ2) is 7.93. The van der Waals surface area contributed by atoms with Crippen LogP contribution in [0.25, 0.3) is 0 Å². The Bertz CT molecular complexity index is 1070.